The van der Waals surface area contributed by atoms with Crippen molar-refractivity contribution in [2.75, 3.05) is 5.32 Å². The van der Waals surface area contributed by atoms with Crippen LogP contribution in [0.1, 0.15) is 57.2 Å². The van der Waals surface area contributed by atoms with Crippen LogP contribution >= 0.6 is 24.0 Å². The van der Waals surface area contributed by atoms with Gasteiger partial charge in [0.05, 0.1) is 17.0 Å². The maximum absolute atomic E-state index is 13.8. The Bertz CT molecular complexity index is 1490. The van der Waals surface area contributed by atoms with Crippen molar-refractivity contribution >= 4 is 51.7 Å². The quantitative estimate of drug-likeness (QED) is 0.339. The van der Waals surface area contributed by atoms with Crippen LogP contribution in [0, 0.1) is 6.92 Å². The normalized spacial score (nSPS) is 20.4. The number of aryl methyl sites for hydroxylation is 1. The molecule has 0 unspecified atom stereocenters. The molecule has 2 aliphatic heterocycles. The van der Waals surface area contributed by atoms with Crippen LogP contribution in [0.3, 0.4) is 0 Å². The van der Waals surface area contributed by atoms with Gasteiger partial charge in [0, 0.05) is 23.3 Å². The largest absolute Gasteiger partial charge is 0.366 e. The molecule has 2 aliphatic rings. The number of carbonyl (C=O) groups excluding carboxylic acids is 1. The van der Waals surface area contributed by atoms with E-state index in [1.165, 1.54) is 11.8 Å². The Morgan fingerprint density at radius 2 is 1.79 bits per heavy atom. The number of benzene rings is 1. The molecule has 9 heteroatoms. The molecular formula is C29H33N5O2S2. The molecule has 0 aliphatic carbocycles. The summed E-state index contributed by atoms with van der Waals surface area (Å²) in [4.78, 5) is 34.1. The van der Waals surface area contributed by atoms with Gasteiger partial charge in [0.1, 0.15) is 15.8 Å². The first kappa shape index (κ1) is 26.6. The average Bonchev–Trinajstić information content (AvgIpc) is 3.08. The molecule has 38 heavy (non-hydrogen) atoms. The van der Waals surface area contributed by atoms with Gasteiger partial charge in [-0.15, -0.1) is 0 Å². The Kier molecular flexibility index (Phi) is 6.96. The van der Waals surface area contributed by atoms with E-state index < -0.39 is 0 Å². The van der Waals surface area contributed by atoms with Crippen molar-refractivity contribution in [1.82, 2.24) is 19.6 Å². The molecule has 0 radical (unpaired) electrons. The minimum absolute atomic E-state index is 0.0809. The summed E-state index contributed by atoms with van der Waals surface area (Å²) in [6.07, 6.45) is 5.17. The molecule has 4 heterocycles. The molecule has 1 amide bonds. The maximum Gasteiger partial charge on any atom is 0.267 e. The van der Waals surface area contributed by atoms with Crippen LogP contribution in [-0.4, -0.2) is 41.6 Å². The van der Waals surface area contributed by atoms with E-state index in [2.05, 4.69) is 38.3 Å². The van der Waals surface area contributed by atoms with E-state index in [0.29, 0.717) is 32.8 Å². The molecule has 7 nitrogen and oxygen atoms in total. The Labute approximate surface area is 232 Å². The number of fused-ring (bicyclic) bond motifs is 1. The summed E-state index contributed by atoms with van der Waals surface area (Å²) in [6, 6.07) is 13.6. The zero-order valence-electron chi connectivity index (χ0n) is 22.4. The van der Waals surface area contributed by atoms with Crippen molar-refractivity contribution < 1.29 is 4.79 Å². The number of thiocarbonyl (C=S) groups is 1. The van der Waals surface area contributed by atoms with Gasteiger partial charge in [-0.3, -0.25) is 18.9 Å². The molecule has 0 saturated carbocycles. The first-order chi connectivity index (χ1) is 17.9. The van der Waals surface area contributed by atoms with Gasteiger partial charge in [-0.1, -0.05) is 60.4 Å². The zero-order valence-corrected chi connectivity index (χ0v) is 24.0. The fourth-order valence-corrected chi connectivity index (χ4v) is 6.89. The summed E-state index contributed by atoms with van der Waals surface area (Å²) in [7, 11) is 0. The van der Waals surface area contributed by atoms with E-state index >= 15 is 0 Å². The molecule has 2 saturated heterocycles. The summed E-state index contributed by atoms with van der Waals surface area (Å²) in [6.45, 7) is 11.1. The Morgan fingerprint density at radius 1 is 1.11 bits per heavy atom. The topological polar surface area (TPSA) is 78.7 Å². The van der Waals surface area contributed by atoms with Gasteiger partial charge >= 0.3 is 0 Å². The van der Waals surface area contributed by atoms with Crippen LogP contribution in [0.25, 0.3) is 11.7 Å². The number of piperidine rings is 1. The third-order valence-corrected chi connectivity index (χ3v) is 8.25. The Morgan fingerprint density at radius 3 is 2.47 bits per heavy atom. The highest BCUT2D eigenvalue weighted by Crippen LogP contribution is 2.35. The van der Waals surface area contributed by atoms with Crippen molar-refractivity contribution in [3.63, 3.8) is 0 Å². The second-order valence-electron chi connectivity index (χ2n) is 11.5. The predicted octanol–water partition coefficient (Wildman–Crippen LogP) is 5.13. The molecule has 2 fully saturated rings. The highest BCUT2D eigenvalue weighted by atomic mass is 32.2. The van der Waals surface area contributed by atoms with Crippen LogP contribution in [0.2, 0.25) is 0 Å². The number of thioether (sulfide) groups is 1. The van der Waals surface area contributed by atoms with E-state index in [9.17, 15) is 9.59 Å². The lowest BCUT2D eigenvalue weighted by molar-refractivity contribution is -0.122. The Balaban J connectivity index is 1.55. The number of anilines is 1. The van der Waals surface area contributed by atoms with E-state index in [-0.39, 0.29) is 28.6 Å². The number of nitrogens with zero attached hydrogens (tertiary/aromatic N) is 3. The van der Waals surface area contributed by atoms with Crippen molar-refractivity contribution in [3.8, 4) is 0 Å². The first-order valence-electron chi connectivity index (χ1n) is 12.8. The lowest BCUT2D eigenvalue weighted by Gasteiger charge is -2.46. The second kappa shape index (κ2) is 9.94. The minimum atomic E-state index is -0.220. The number of carbonyl (C=O) groups is 1. The van der Waals surface area contributed by atoms with Gasteiger partial charge in [-0.25, -0.2) is 4.98 Å². The molecular weight excluding hydrogens is 514 g/mol. The highest BCUT2D eigenvalue weighted by Gasteiger charge is 2.38. The smallest absolute Gasteiger partial charge is 0.267 e. The van der Waals surface area contributed by atoms with E-state index in [1.807, 2.05) is 49.4 Å². The van der Waals surface area contributed by atoms with Crippen LogP contribution < -0.4 is 16.2 Å². The zero-order chi connectivity index (χ0) is 27.2. The van der Waals surface area contributed by atoms with Crippen molar-refractivity contribution in [1.29, 1.82) is 0 Å². The lowest BCUT2D eigenvalue weighted by atomic mass is 9.79. The fraction of sp³-hybridized carbons (Fsp3) is 0.379. The Hall–Kier alpha value is -3.01. The molecule has 0 atom stereocenters. The number of hydrogen-bond acceptors (Lipinski definition) is 7. The van der Waals surface area contributed by atoms with Crippen molar-refractivity contribution in [3.05, 3.63) is 80.6 Å². The molecule has 1 aromatic carbocycles. The molecule has 2 N–H and O–H groups in total. The molecule has 5 rings (SSSR count). The molecule has 2 aromatic heterocycles. The number of amides is 1. The SMILES string of the molecule is Cc1ccc2nc(NC3CC(C)(C)NC(C)(C)C3)c(C=C3SC(=S)N(Cc4ccccc4)C3=O)c(=O)n2c1. The second-order valence-corrected chi connectivity index (χ2v) is 13.2. The molecule has 3 aromatic rings. The minimum Gasteiger partial charge on any atom is -0.366 e. The van der Waals surface area contributed by atoms with Crippen LogP contribution in [0.15, 0.2) is 58.4 Å². The number of pyridine rings is 1. The summed E-state index contributed by atoms with van der Waals surface area (Å²) in [5.41, 5.74) is 2.48. The first-order valence-corrected chi connectivity index (χ1v) is 14.0. The van der Waals surface area contributed by atoms with Gasteiger partial charge in [-0.2, -0.15) is 0 Å². The lowest BCUT2D eigenvalue weighted by Crippen LogP contribution is -2.60. The molecule has 0 bridgehead atoms. The van der Waals surface area contributed by atoms with E-state index in [4.69, 9.17) is 17.2 Å². The van der Waals surface area contributed by atoms with Gasteiger partial charge in [-0.05, 0) is 70.7 Å². The fourth-order valence-electron chi connectivity index (χ4n) is 5.65. The average molecular weight is 548 g/mol. The monoisotopic (exact) mass is 547 g/mol. The van der Waals surface area contributed by atoms with E-state index in [1.54, 1.807) is 21.6 Å². The number of rotatable bonds is 5. The molecule has 0 spiro atoms. The van der Waals surface area contributed by atoms with E-state index in [0.717, 1.165) is 24.0 Å². The number of nitrogens with one attached hydrogen (secondary N) is 2. The summed E-state index contributed by atoms with van der Waals surface area (Å²) >= 11 is 6.78. The van der Waals surface area contributed by atoms with Crippen molar-refractivity contribution in [2.45, 2.75) is 71.1 Å². The third-order valence-electron chi connectivity index (χ3n) is 6.87. The van der Waals surface area contributed by atoms with Gasteiger partial charge in [0.2, 0.25) is 0 Å². The molecule has 198 valence electrons. The third kappa shape index (κ3) is 5.55. The number of aromatic nitrogens is 2. The van der Waals surface area contributed by atoms with Crippen molar-refractivity contribution in [2.24, 2.45) is 0 Å². The van der Waals surface area contributed by atoms with Crippen LogP contribution in [0.4, 0.5) is 5.82 Å². The summed E-state index contributed by atoms with van der Waals surface area (Å²) in [5.74, 6) is 0.290. The summed E-state index contributed by atoms with van der Waals surface area (Å²) < 4.78 is 2.03. The van der Waals surface area contributed by atoms with Crippen LogP contribution in [-0.2, 0) is 11.3 Å². The van der Waals surface area contributed by atoms with Gasteiger partial charge in [0.25, 0.3) is 11.5 Å². The van der Waals surface area contributed by atoms with Gasteiger partial charge in [0.15, 0.2) is 0 Å². The highest BCUT2D eigenvalue weighted by molar-refractivity contribution is 8.26. The maximum atomic E-state index is 13.8. The van der Waals surface area contributed by atoms with Gasteiger partial charge < -0.3 is 10.6 Å². The van der Waals surface area contributed by atoms with Crippen LogP contribution in [0.5, 0.6) is 0 Å². The summed E-state index contributed by atoms with van der Waals surface area (Å²) in [5, 5.41) is 7.28. The predicted molar refractivity (Wildman–Crippen MR) is 159 cm³/mol. The standard InChI is InChI=1S/C29H33N5O2S2/c1-18-11-12-23-31-24(30-20-14-28(2,3)32-29(4,5)15-20)21(25(35)33(23)16-18)13-22-26(36)34(27(37)38-22)17-19-9-7-6-8-10-19/h6-13,16,20,30,32H,14-15,17H2,1-5H3. The number of hydrogen-bond donors (Lipinski definition) is 2.